The second-order valence-electron chi connectivity index (χ2n) is 4.48. The van der Waals surface area contributed by atoms with Gasteiger partial charge in [-0.05, 0) is 29.8 Å². The number of nitrogens with one attached hydrogen (secondary N) is 1. The first-order chi connectivity index (χ1) is 9.43. The fraction of sp³-hybridized carbons (Fsp3) is 0. The molecule has 19 heavy (non-hydrogen) atoms. The molecule has 1 N–H and O–H groups in total. The molecule has 0 aliphatic heterocycles. The second kappa shape index (κ2) is 3.92. The van der Waals surface area contributed by atoms with Gasteiger partial charge in [0.25, 0.3) is 0 Å². The summed E-state index contributed by atoms with van der Waals surface area (Å²) in [5.74, 6) is 0. The van der Waals surface area contributed by atoms with Gasteiger partial charge in [0.1, 0.15) is 5.65 Å². The number of aromatic amines is 1. The lowest BCUT2D eigenvalue weighted by molar-refractivity contribution is 1.33. The van der Waals surface area contributed by atoms with Crippen molar-refractivity contribution in [3.63, 3.8) is 0 Å². The minimum absolute atomic E-state index is 0.915. The molecule has 0 bridgehead atoms. The normalized spacial score (nSPS) is 11.2. The fourth-order valence-electron chi connectivity index (χ4n) is 2.52. The third kappa shape index (κ3) is 1.52. The summed E-state index contributed by atoms with van der Waals surface area (Å²) in [6, 6.07) is 14.3. The minimum Gasteiger partial charge on any atom is -0.346 e. The van der Waals surface area contributed by atoms with Crippen LogP contribution in [0.2, 0.25) is 0 Å². The molecule has 90 valence electrons. The molecule has 0 saturated heterocycles. The average Bonchev–Trinajstić information content (AvgIpc) is 2.90. The van der Waals surface area contributed by atoms with Gasteiger partial charge in [0.05, 0.1) is 5.52 Å². The van der Waals surface area contributed by atoms with E-state index in [1.165, 1.54) is 11.1 Å². The van der Waals surface area contributed by atoms with Gasteiger partial charge in [0.2, 0.25) is 0 Å². The van der Waals surface area contributed by atoms with Crippen molar-refractivity contribution in [2.45, 2.75) is 0 Å². The zero-order valence-electron chi connectivity index (χ0n) is 10.2. The highest BCUT2D eigenvalue weighted by Crippen LogP contribution is 2.32. The number of nitrogens with zero attached hydrogens (tertiary/aromatic N) is 2. The van der Waals surface area contributed by atoms with Gasteiger partial charge in [-0.25, -0.2) is 4.98 Å². The predicted octanol–water partition coefficient (Wildman–Crippen LogP) is 3.78. The molecule has 3 heteroatoms. The van der Waals surface area contributed by atoms with E-state index in [2.05, 4.69) is 33.2 Å². The van der Waals surface area contributed by atoms with E-state index in [1.807, 2.05) is 36.7 Å². The van der Waals surface area contributed by atoms with E-state index in [9.17, 15) is 0 Å². The smallest absolute Gasteiger partial charge is 0.137 e. The standard InChI is InChI=1S/C16H11N3/c1-4-11(12-5-2-8-17-15(12)7-1)14-10-19-16-13(14)6-3-9-18-16/h1-10H,(H,18,19). The van der Waals surface area contributed by atoms with E-state index in [1.54, 1.807) is 6.20 Å². The van der Waals surface area contributed by atoms with Gasteiger partial charge in [-0.15, -0.1) is 0 Å². The Hall–Kier alpha value is -2.68. The molecule has 3 aromatic heterocycles. The lowest BCUT2D eigenvalue weighted by Crippen LogP contribution is -1.82. The van der Waals surface area contributed by atoms with Crippen LogP contribution in [0.1, 0.15) is 0 Å². The van der Waals surface area contributed by atoms with Gasteiger partial charge in [0.15, 0.2) is 0 Å². The third-order valence-corrected chi connectivity index (χ3v) is 3.39. The van der Waals surface area contributed by atoms with E-state index in [4.69, 9.17) is 0 Å². The number of hydrogen-bond acceptors (Lipinski definition) is 2. The molecule has 4 rings (SSSR count). The summed E-state index contributed by atoms with van der Waals surface area (Å²) < 4.78 is 0. The number of aromatic nitrogens is 3. The zero-order chi connectivity index (χ0) is 12.7. The molecular weight excluding hydrogens is 234 g/mol. The SMILES string of the molecule is c1cc(-c2c[nH]c3ncccc23)c2cccnc2c1. The molecule has 3 heterocycles. The van der Waals surface area contributed by atoms with Gasteiger partial charge < -0.3 is 4.98 Å². The second-order valence-corrected chi connectivity index (χ2v) is 4.48. The van der Waals surface area contributed by atoms with Crippen LogP contribution in [0.5, 0.6) is 0 Å². The van der Waals surface area contributed by atoms with Crippen molar-refractivity contribution in [3.05, 3.63) is 61.1 Å². The molecule has 1 aromatic carbocycles. The number of H-pyrrole nitrogens is 1. The molecule has 0 amide bonds. The van der Waals surface area contributed by atoms with Crippen LogP contribution < -0.4 is 0 Å². The van der Waals surface area contributed by atoms with E-state index in [0.29, 0.717) is 0 Å². The van der Waals surface area contributed by atoms with Crippen LogP contribution in [0.3, 0.4) is 0 Å². The Morgan fingerprint density at radius 3 is 2.53 bits per heavy atom. The van der Waals surface area contributed by atoms with Crippen LogP contribution in [0, 0.1) is 0 Å². The van der Waals surface area contributed by atoms with E-state index >= 15 is 0 Å². The minimum atomic E-state index is 0.915. The summed E-state index contributed by atoms with van der Waals surface area (Å²) in [6.45, 7) is 0. The monoisotopic (exact) mass is 245 g/mol. The van der Waals surface area contributed by atoms with Crippen LogP contribution >= 0.6 is 0 Å². The largest absolute Gasteiger partial charge is 0.346 e. The number of pyridine rings is 2. The quantitative estimate of drug-likeness (QED) is 0.554. The molecule has 4 aromatic rings. The van der Waals surface area contributed by atoms with Crippen molar-refractivity contribution < 1.29 is 0 Å². The summed E-state index contributed by atoms with van der Waals surface area (Å²) in [7, 11) is 0. The van der Waals surface area contributed by atoms with Crippen molar-refractivity contribution in [1.29, 1.82) is 0 Å². The molecule has 0 fully saturated rings. The Bertz CT molecular complexity index is 872. The summed E-state index contributed by atoms with van der Waals surface area (Å²) in [5.41, 5.74) is 4.28. The lowest BCUT2D eigenvalue weighted by atomic mass is 10.0. The Morgan fingerprint density at radius 2 is 1.58 bits per heavy atom. The van der Waals surface area contributed by atoms with Gasteiger partial charge in [-0.1, -0.05) is 18.2 Å². The predicted molar refractivity (Wildman–Crippen MR) is 76.8 cm³/mol. The zero-order valence-corrected chi connectivity index (χ0v) is 10.2. The molecule has 0 saturated carbocycles. The third-order valence-electron chi connectivity index (χ3n) is 3.39. The number of rotatable bonds is 1. The molecule has 0 spiro atoms. The van der Waals surface area contributed by atoms with E-state index in [-0.39, 0.29) is 0 Å². The van der Waals surface area contributed by atoms with Gasteiger partial charge in [-0.2, -0.15) is 0 Å². The Balaban J connectivity index is 2.10. The maximum atomic E-state index is 4.41. The molecule has 0 atom stereocenters. The number of hydrogen-bond donors (Lipinski definition) is 1. The molecule has 0 aliphatic carbocycles. The highest BCUT2D eigenvalue weighted by atomic mass is 14.8. The van der Waals surface area contributed by atoms with Crippen LogP contribution in [0.4, 0.5) is 0 Å². The molecular formula is C16H11N3. The number of fused-ring (bicyclic) bond motifs is 2. The topological polar surface area (TPSA) is 41.6 Å². The summed E-state index contributed by atoms with van der Waals surface area (Å²) in [6.07, 6.45) is 5.63. The van der Waals surface area contributed by atoms with Crippen molar-refractivity contribution in [1.82, 2.24) is 15.0 Å². The molecule has 0 unspecified atom stereocenters. The maximum Gasteiger partial charge on any atom is 0.137 e. The van der Waals surface area contributed by atoms with Crippen LogP contribution in [-0.2, 0) is 0 Å². The first-order valence-corrected chi connectivity index (χ1v) is 6.20. The highest BCUT2D eigenvalue weighted by Gasteiger charge is 2.09. The summed E-state index contributed by atoms with van der Waals surface area (Å²) in [4.78, 5) is 12.0. The fourth-order valence-corrected chi connectivity index (χ4v) is 2.52. The average molecular weight is 245 g/mol. The number of benzene rings is 1. The van der Waals surface area contributed by atoms with Gasteiger partial charge in [0, 0.05) is 34.9 Å². The van der Waals surface area contributed by atoms with Crippen molar-refractivity contribution in [2.75, 3.05) is 0 Å². The van der Waals surface area contributed by atoms with Crippen molar-refractivity contribution in [3.8, 4) is 11.1 Å². The van der Waals surface area contributed by atoms with Gasteiger partial charge >= 0.3 is 0 Å². The van der Waals surface area contributed by atoms with Crippen molar-refractivity contribution >= 4 is 21.9 Å². The Kier molecular flexibility index (Phi) is 2.12. The lowest BCUT2D eigenvalue weighted by Gasteiger charge is -2.04. The Morgan fingerprint density at radius 1 is 0.737 bits per heavy atom. The highest BCUT2D eigenvalue weighted by molar-refractivity contribution is 6.03. The van der Waals surface area contributed by atoms with Crippen molar-refractivity contribution in [2.24, 2.45) is 0 Å². The van der Waals surface area contributed by atoms with E-state index < -0.39 is 0 Å². The van der Waals surface area contributed by atoms with Gasteiger partial charge in [-0.3, -0.25) is 4.98 Å². The first kappa shape index (κ1) is 10.3. The Labute approximate surface area is 110 Å². The van der Waals surface area contributed by atoms with Crippen LogP contribution in [0.15, 0.2) is 61.1 Å². The molecule has 0 aliphatic rings. The summed E-state index contributed by atoms with van der Waals surface area (Å²) in [5, 5.41) is 2.30. The molecule has 0 radical (unpaired) electrons. The maximum absolute atomic E-state index is 4.41. The molecule has 3 nitrogen and oxygen atoms in total. The van der Waals surface area contributed by atoms with Crippen LogP contribution in [-0.4, -0.2) is 15.0 Å². The van der Waals surface area contributed by atoms with E-state index in [0.717, 1.165) is 21.9 Å². The summed E-state index contributed by atoms with van der Waals surface area (Å²) >= 11 is 0. The van der Waals surface area contributed by atoms with Crippen LogP contribution in [0.25, 0.3) is 33.1 Å². The first-order valence-electron chi connectivity index (χ1n) is 6.20.